The molecule has 77 valence electrons. The van der Waals surface area contributed by atoms with Crippen LogP contribution >= 0.6 is 15.9 Å². The first-order valence-electron chi connectivity index (χ1n) is 4.08. The second kappa shape index (κ2) is 4.34. The van der Waals surface area contributed by atoms with Crippen molar-refractivity contribution in [1.29, 1.82) is 0 Å². The van der Waals surface area contributed by atoms with Crippen LogP contribution in [0.5, 0.6) is 0 Å². The molecule has 0 saturated carbocycles. The largest absolute Gasteiger partial charge is 0.416 e. The van der Waals surface area contributed by atoms with Gasteiger partial charge < -0.3 is 0 Å². The molecule has 0 fully saturated rings. The Labute approximate surface area is 89.3 Å². The van der Waals surface area contributed by atoms with E-state index in [-0.39, 0.29) is 0 Å². The van der Waals surface area contributed by atoms with Gasteiger partial charge in [-0.05, 0) is 30.5 Å². The molecule has 0 N–H and O–H groups in total. The van der Waals surface area contributed by atoms with Gasteiger partial charge in [-0.1, -0.05) is 28.9 Å². The van der Waals surface area contributed by atoms with Gasteiger partial charge in [0.25, 0.3) is 0 Å². The van der Waals surface area contributed by atoms with Crippen molar-refractivity contribution >= 4 is 15.9 Å². The molecule has 0 aromatic heterocycles. The Balaban J connectivity index is 3.16. The van der Waals surface area contributed by atoms with Crippen LogP contribution in [0.15, 0.2) is 22.7 Å². The van der Waals surface area contributed by atoms with E-state index in [0.717, 1.165) is 6.07 Å². The van der Waals surface area contributed by atoms with Gasteiger partial charge in [-0.3, -0.25) is 0 Å². The molecule has 0 aliphatic carbocycles. The Morgan fingerprint density at radius 3 is 2.50 bits per heavy atom. The number of benzene rings is 1. The number of rotatable bonds is 2. The minimum Gasteiger partial charge on any atom is -0.166 e. The first-order valence-corrected chi connectivity index (χ1v) is 4.88. The normalized spacial score (nSPS) is 11.8. The number of hydrogen-bond acceptors (Lipinski definition) is 0. The van der Waals surface area contributed by atoms with E-state index in [1.165, 1.54) is 6.07 Å². The van der Waals surface area contributed by atoms with Crippen molar-refractivity contribution < 1.29 is 13.2 Å². The first kappa shape index (κ1) is 11.6. The molecule has 14 heavy (non-hydrogen) atoms. The third-order valence-electron chi connectivity index (χ3n) is 1.80. The molecule has 0 aliphatic rings. The van der Waals surface area contributed by atoms with Crippen LogP contribution in [0.2, 0.25) is 0 Å². The van der Waals surface area contributed by atoms with Crippen LogP contribution < -0.4 is 0 Å². The van der Waals surface area contributed by atoms with Gasteiger partial charge in [-0.15, -0.1) is 0 Å². The Kier molecular flexibility index (Phi) is 3.59. The highest BCUT2D eigenvalue weighted by molar-refractivity contribution is 9.10. The molecule has 0 unspecified atom stereocenters. The summed E-state index contributed by atoms with van der Waals surface area (Å²) in [5, 5.41) is 0. The SMILES string of the molecule is C[CH]Cc1ccc(Br)cc1C(F)(F)F. The van der Waals surface area contributed by atoms with Gasteiger partial charge in [-0.25, -0.2) is 0 Å². The molecule has 0 bridgehead atoms. The van der Waals surface area contributed by atoms with Crippen LogP contribution in [0, 0.1) is 6.42 Å². The number of halogens is 4. The van der Waals surface area contributed by atoms with E-state index in [4.69, 9.17) is 0 Å². The zero-order valence-corrected chi connectivity index (χ0v) is 9.11. The number of alkyl halides is 3. The summed E-state index contributed by atoms with van der Waals surface area (Å²) in [6, 6.07) is 4.22. The van der Waals surface area contributed by atoms with Crippen LogP contribution in [0.1, 0.15) is 18.1 Å². The van der Waals surface area contributed by atoms with Gasteiger partial charge in [0.05, 0.1) is 5.56 Å². The summed E-state index contributed by atoms with van der Waals surface area (Å²) >= 11 is 3.03. The Morgan fingerprint density at radius 2 is 2.00 bits per heavy atom. The van der Waals surface area contributed by atoms with E-state index < -0.39 is 11.7 Å². The summed E-state index contributed by atoms with van der Waals surface area (Å²) in [5.74, 6) is 0. The van der Waals surface area contributed by atoms with E-state index in [1.54, 1.807) is 19.4 Å². The van der Waals surface area contributed by atoms with Crippen molar-refractivity contribution in [1.82, 2.24) is 0 Å². The summed E-state index contributed by atoms with van der Waals surface area (Å²) in [7, 11) is 0. The third-order valence-corrected chi connectivity index (χ3v) is 2.29. The summed E-state index contributed by atoms with van der Waals surface area (Å²) < 4.78 is 38.0. The summed E-state index contributed by atoms with van der Waals surface area (Å²) in [5.41, 5.74) is -0.256. The van der Waals surface area contributed by atoms with E-state index in [2.05, 4.69) is 15.9 Å². The van der Waals surface area contributed by atoms with Gasteiger partial charge in [0.2, 0.25) is 0 Å². The monoisotopic (exact) mass is 265 g/mol. The lowest BCUT2D eigenvalue weighted by molar-refractivity contribution is -0.138. The molecule has 1 aromatic rings. The van der Waals surface area contributed by atoms with E-state index >= 15 is 0 Å². The maximum atomic E-state index is 12.5. The Morgan fingerprint density at radius 1 is 1.36 bits per heavy atom. The van der Waals surface area contributed by atoms with E-state index in [1.807, 2.05) is 0 Å². The molecule has 0 amide bonds. The first-order chi connectivity index (χ1) is 6.45. The summed E-state index contributed by atoms with van der Waals surface area (Å²) in [6.07, 6.45) is -2.23. The molecule has 0 aliphatic heterocycles. The minimum atomic E-state index is -4.28. The van der Waals surface area contributed by atoms with Gasteiger partial charge in [0, 0.05) is 4.47 Å². The highest BCUT2D eigenvalue weighted by Crippen LogP contribution is 2.34. The number of hydrogen-bond donors (Lipinski definition) is 0. The zero-order valence-electron chi connectivity index (χ0n) is 7.53. The lowest BCUT2D eigenvalue weighted by atomic mass is 10.0. The molecule has 0 nitrogen and oxygen atoms in total. The molecule has 0 saturated heterocycles. The second-order valence-electron chi connectivity index (χ2n) is 2.91. The van der Waals surface area contributed by atoms with Gasteiger partial charge >= 0.3 is 6.18 Å². The minimum absolute atomic E-state index is 0.309. The van der Waals surface area contributed by atoms with Crippen molar-refractivity contribution in [3.63, 3.8) is 0 Å². The molecule has 0 atom stereocenters. The molecule has 1 rings (SSSR count). The average Bonchev–Trinajstić information content (AvgIpc) is 2.07. The molecule has 4 heteroatoms. The quantitative estimate of drug-likeness (QED) is 0.751. The summed E-state index contributed by atoms with van der Waals surface area (Å²) in [4.78, 5) is 0. The predicted molar refractivity (Wildman–Crippen MR) is 52.8 cm³/mol. The predicted octanol–water partition coefficient (Wildman–Crippen LogP) is 4.23. The van der Waals surface area contributed by atoms with Crippen molar-refractivity contribution in [3.8, 4) is 0 Å². The fraction of sp³-hybridized carbons (Fsp3) is 0.300. The van der Waals surface area contributed by atoms with Crippen molar-refractivity contribution in [2.75, 3.05) is 0 Å². The van der Waals surface area contributed by atoms with E-state index in [9.17, 15) is 13.2 Å². The van der Waals surface area contributed by atoms with Crippen LogP contribution in [0.25, 0.3) is 0 Å². The zero-order chi connectivity index (χ0) is 10.8. The van der Waals surface area contributed by atoms with E-state index in [0.29, 0.717) is 16.5 Å². The van der Waals surface area contributed by atoms with Crippen LogP contribution in [0.3, 0.4) is 0 Å². The van der Waals surface area contributed by atoms with Crippen molar-refractivity contribution in [2.24, 2.45) is 0 Å². The van der Waals surface area contributed by atoms with Gasteiger partial charge in [0.15, 0.2) is 0 Å². The van der Waals surface area contributed by atoms with Crippen LogP contribution in [-0.2, 0) is 12.6 Å². The lowest BCUT2D eigenvalue weighted by Crippen LogP contribution is -2.09. The molecule has 0 heterocycles. The lowest BCUT2D eigenvalue weighted by Gasteiger charge is -2.12. The maximum Gasteiger partial charge on any atom is 0.416 e. The average molecular weight is 266 g/mol. The Hall–Kier alpha value is -0.510. The summed E-state index contributed by atoms with van der Waals surface area (Å²) in [6.45, 7) is 1.74. The van der Waals surface area contributed by atoms with Crippen molar-refractivity contribution in [3.05, 3.63) is 40.2 Å². The third kappa shape index (κ3) is 2.74. The van der Waals surface area contributed by atoms with Crippen molar-refractivity contribution in [2.45, 2.75) is 19.5 Å². The Bertz CT molecular complexity index is 318. The second-order valence-corrected chi connectivity index (χ2v) is 3.83. The standard InChI is InChI=1S/C10H9BrF3/c1-2-3-7-4-5-8(11)6-9(7)10(12,13)14/h2,4-6H,3H2,1H3. The fourth-order valence-corrected chi connectivity index (χ4v) is 1.57. The molecule has 1 radical (unpaired) electrons. The topological polar surface area (TPSA) is 0 Å². The van der Waals surface area contributed by atoms with Gasteiger partial charge in [0.1, 0.15) is 0 Å². The molecular formula is C10H9BrF3. The maximum absolute atomic E-state index is 12.5. The smallest absolute Gasteiger partial charge is 0.166 e. The highest BCUT2D eigenvalue weighted by atomic mass is 79.9. The molecule has 1 aromatic carbocycles. The van der Waals surface area contributed by atoms with Gasteiger partial charge in [-0.2, -0.15) is 13.2 Å². The molecular weight excluding hydrogens is 257 g/mol. The van der Waals surface area contributed by atoms with Crippen LogP contribution in [0.4, 0.5) is 13.2 Å². The fourth-order valence-electron chi connectivity index (χ4n) is 1.21. The van der Waals surface area contributed by atoms with Crippen LogP contribution in [-0.4, -0.2) is 0 Å². The highest BCUT2D eigenvalue weighted by Gasteiger charge is 2.32. The molecule has 0 spiro atoms.